The largest absolute Gasteiger partial charge is 0.504 e. The second kappa shape index (κ2) is 5.61. The number of hydrogen-bond acceptors (Lipinski definition) is 4. The molecule has 4 nitrogen and oxygen atoms in total. The van der Waals surface area contributed by atoms with Gasteiger partial charge in [0.15, 0.2) is 17.7 Å². The highest BCUT2D eigenvalue weighted by Crippen LogP contribution is 2.32. The summed E-state index contributed by atoms with van der Waals surface area (Å²) in [6, 6.07) is 12.1. The lowest BCUT2D eigenvalue weighted by Gasteiger charge is -2.07. The highest BCUT2D eigenvalue weighted by molar-refractivity contribution is 7.13. The maximum Gasteiger partial charge on any atom is 0.257 e. The number of Topliss-reactive ketones (excluding diaryl/α,β-unsaturated/α-hetero) is 1. The summed E-state index contributed by atoms with van der Waals surface area (Å²) < 4.78 is 1.72. The second-order valence-corrected chi connectivity index (χ2v) is 5.77. The van der Waals surface area contributed by atoms with Crippen molar-refractivity contribution in [2.24, 2.45) is 0 Å². The number of phenolic OH excluding ortho intramolecular Hbond substituents is 2. The number of pyridine rings is 1. The summed E-state index contributed by atoms with van der Waals surface area (Å²) in [5, 5.41) is 21.8. The van der Waals surface area contributed by atoms with E-state index in [0.29, 0.717) is 16.9 Å². The van der Waals surface area contributed by atoms with Gasteiger partial charge in [0.05, 0.1) is 10.4 Å². The molecule has 0 unspecified atom stereocenters. The zero-order valence-corrected chi connectivity index (χ0v) is 12.7. The molecule has 0 bridgehead atoms. The first-order valence-electron chi connectivity index (χ1n) is 6.70. The number of aromatic hydroxyl groups is 2. The van der Waals surface area contributed by atoms with Crippen molar-refractivity contribution >= 4 is 17.1 Å². The van der Waals surface area contributed by atoms with Gasteiger partial charge in [0.25, 0.3) is 5.69 Å². The third-order valence-corrected chi connectivity index (χ3v) is 4.26. The Labute approximate surface area is 131 Å². The Balaban J connectivity index is 2.35. The summed E-state index contributed by atoms with van der Waals surface area (Å²) in [5.74, 6) is -0.473. The van der Waals surface area contributed by atoms with Gasteiger partial charge < -0.3 is 10.2 Å². The number of phenols is 2. The molecule has 3 rings (SSSR count). The van der Waals surface area contributed by atoms with Crippen molar-refractivity contribution in [1.29, 1.82) is 0 Å². The van der Waals surface area contributed by atoms with Crippen molar-refractivity contribution in [2.75, 3.05) is 0 Å². The summed E-state index contributed by atoms with van der Waals surface area (Å²) in [5.41, 5.74) is 1.69. The van der Waals surface area contributed by atoms with Crippen LogP contribution in [0, 0.1) is 0 Å². The number of benzene rings is 1. The van der Waals surface area contributed by atoms with Crippen LogP contribution < -0.4 is 4.57 Å². The monoisotopic (exact) mass is 312 g/mol. The van der Waals surface area contributed by atoms with E-state index < -0.39 is 0 Å². The number of hydrogen-bond donors (Lipinski definition) is 2. The highest BCUT2D eigenvalue weighted by atomic mass is 32.1. The van der Waals surface area contributed by atoms with Gasteiger partial charge >= 0.3 is 0 Å². The van der Waals surface area contributed by atoms with Crippen LogP contribution in [0.4, 0.5) is 0 Å². The molecule has 0 fully saturated rings. The Bertz CT molecular complexity index is 841. The minimum Gasteiger partial charge on any atom is -0.504 e. The predicted octanol–water partition coefficient (Wildman–Crippen LogP) is 3.31. The molecule has 0 spiro atoms. The van der Waals surface area contributed by atoms with E-state index in [4.69, 9.17) is 0 Å². The van der Waals surface area contributed by atoms with Crippen molar-refractivity contribution in [3.05, 3.63) is 59.6 Å². The molecule has 110 valence electrons. The van der Waals surface area contributed by atoms with E-state index in [1.807, 2.05) is 17.5 Å². The van der Waals surface area contributed by atoms with Gasteiger partial charge in [-0.15, -0.1) is 11.3 Å². The van der Waals surface area contributed by atoms with Gasteiger partial charge in [-0.2, -0.15) is 4.57 Å². The van der Waals surface area contributed by atoms with Crippen LogP contribution in [0.5, 0.6) is 11.5 Å². The number of ketones is 1. The topological polar surface area (TPSA) is 61.4 Å². The molecule has 0 aliphatic heterocycles. The van der Waals surface area contributed by atoms with E-state index in [1.54, 1.807) is 35.0 Å². The molecule has 0 aliphatic carbocycles. The Morgan fingerprint density at radius 1 is 1.09 bits per heavy atom. The summed E-state index contributed by atoms with van der Waals surface area (Å²) in [4.78, 5) is 12.9. The number of carbonyl (C=O) groups excluding carboxylic acids is 1. The fraction of sp³-hybridized carbons (Fsp3) is 0.0588. The fourth-order valence-electron chi connectivity index (χ4n) is 2.37. The molecule has 22 heavy (non-hydrogen) atoms. The van der Waals surface area contributed by atoms with Crippen molar-refractivity contribution in [1.82, 2.24) is 0 Å². The average Bonchev–Trinajstić information content (AvgIpc) is 3.03. The minimum atomic E-state index is -0.217. The molecule has 5 heteroatoms. The van der Waals surface area contributed by atoms with E-state index in [-0.39, 0.29) is 17.3 Å². The van der Waals surface area contributed by atoms with E-state index in [1.165, 1.54) is 24.3 Å². The van der Waals surface area contributed by atoms with Gasteiger partial charge in [-0.1, -0.05) is 12.1 Å². The van der Waals surface area contributed by atoms with Crippen LogP contribution in [0.25, 0.3) is 16.3 Å². The van der Waals surface area contributed by atoms with Gasteiger partial charge in [0.2, 0.25) is 11.4 Å². The predicted molar refractivity (Wildman–Crippen MR) is 84.6 cm³/mol. The van der Waals surface area contributed by atoms with Crippen LogP contribution in [0.15, 0.2) is 54.0 Å². The number of thiophene rings is 1. The second-order valence-electron chi connectivity index (χ2n) is 4.82. The van der Waals surface area contributed by atoms with E-state index in [9.17, 15) is 15.0 Å². The quantitative estimate of drug-likeness (QED) is 0.443. The maximum atomic E-state index is 12.0. The third kappa shape index (κ3) is 2.35. The molecule has 1 aromatic carbocycles. The van der Waals surface area contributed by atoms with Gasteiger partial charge in [0.1, 0.15) is 0 Å². The van der Waals surface area contributed by atoms with Crippen LogP contribution in [0.1, 0.15) is 17.3 Å². The molecular weight excluding hydrogens is 298 g/mol. The summed E-state index contributed by atoms with van der Waals surface area (Å²) in [6.07, 6.45) is 1.76. The van der Waals surface area contributed by atoms with Crippen LogP contribution >= 0.6 is 11.3 Å². The lowest BCUT2D eigenvalue weighted by Crippen LogP contribution is -2.34. The molecule has 3 aromatic rings. The maximum absolute atomic E-state index is 12.0. The summed E-state index contributed by atoms with van der Waals surface area (Å²) >= 11 is 1.51. The molecule has 2 N–H and O–H groups in total. The molecule has 0 radical (unpaired) electrons. The van der Waals surface area contributed by atoms with Crippen LogP contribution in [-0.4, -0.2) is 16.0 Å². The average molecular weight is 312 g/mol. The van der Waals surface area contributed by atoms with Crippen molar-refractivity contribution in [3.8, 4) is 27.8 Å². The van der Waals surface area contributed by atoms with Gasteiger partial charge in [-0.3, -0.25) is 4.79 Å². The first-order valence-corrected chi connectivity index (χ1v) is 7.58. The van der Waals surface area contributed by atoms with Gasteiger partial charge in [-0.25, -0.2) is 0 Å². The Morgan fingerprint density at radius 3 is 2.59 bits per heavy atom. The van der Waals surface area contributed by atoms with Crippen molar-refractivity contribution < 1.29 is 19.6 Å². The zero-order chi connectivity index (χ0) is 15.7. The third-order valence-electron chi connectivity index (χ3n) is 3.38. The normalized spacial score (nSPS) is 10.6. The van der Waals surface area contributed by atoms with Crippen LogP contribution in [0.2, 0.25) is 0 Å². The standard InChI is InChI=1S/C17H13NO3S/c1-11(19)12-5-3-9-18(16(12)15-8-4-10-22-15)13-6-2-7-14(20)17(13)21/h2-10H,1H3,(H-,20,21)/p+1. The number of nitrogens with zero attached hydrogens (tertiary/aromatic N) is 1. The van der Waals surface area contributed by atoms with E-state index in [2.05, 4.69) is 0 Å². The molecular formula is C17H14NO3S+. The Kier molecular flexibility index (Phi) is 3.65. The highest BCUT2D eigenvalue weighted by Gasteiger charge is 2.26. The molecule has 0 amide bonds. The lowest BCUT2D eigenvalue weighted by atomic mass is 10.1. The minimum absolute atomic E-state index is 0.0580. The molecule has 0 saturated heterocycles. The lowest BCUT2D eigenvalue weighted by molar-refractivity contribution is -0.584. The SMILES string of the molecule is CC(=O)c1ccc[n+](-c2cccc(O)c2O)c1-c1cccs1. The Morgan fingerprint density at radius 2 is 1.91 bits per heavy atom. The van der Waals surface area contributed by atoms with Gasteiger partial charge in [0, 0.05) is 12.1 Å². The zero-order valence-electron chi connectivity index (χ0n) is 11.9. The van der Waals surface area contributed by atoms with Gasteiger partial charge in [-0.05, 0) is 30.5 Å². The first kappa shape index (κ1) is 14.3. The molecule has 2 heterocycles. The summed E-state index contributed by atoms with van der Waals surface area (Å²) in [7, 11) is 0. The molecule has 0 atom stereocenters. The smallest absolute Gasteiger partial charge is 0.257 e. The number of para-hydroxylation sites is 1. The number of aromatic nitrogens is 1. The van der Waals surface area contributed by atoms with Crippen LogP contribution in [0.3, 0.4) is 0 Å². The van der Waals surface area contributed by atoms with Crippen LogP contribution in [-0.2, 0) is 0 Å². The number of carbonyl (C=O) groups is 1. The number of rotatable bonds is 3. The molecule has 2 aromatic heterocycles. The first-order chi connectivity index (χ1) is 10.6. The molecule has 0 aliphatic rings. The van der Waals surface area contributed by atoms with Crippen molar-refractivity contribution in [3.63, 3.8) is 0 Å². The van der Waals surface area contributed by atoms with E-state index >= 15 is 0 Å². The van der Waals surface area contributed by atoms with Crippen molar-refractivity contribution in [2.45, 2.75) is 6.92 Å². The fourth-order valence-corrected chi connectivity index (χ4v) is 3.15. The van der Waals surface area contributed by atoms with E-state index in [0.717, 1.165) is 4.88 Å². The Hall–Kier alpha value is -2.66. The summed E-state index contributed by atoms with van der Waals surface area (Å²) in [6.45, 7) is 1.51. The molecule has 0 saturated carbocycles.